The first-order chi connectivity index (χ1) is 13.5. The Kier molecular flexibility index (Phi) is 4.12. The fourth-order valence-corrected chi connectivity index (χ4v) is 6.02. The molecule has 0 aromatic carbocycles. The van der Waals surface area contributed by atoms with Crippen LogP contribution in [0.4, 0.5) is 5.69 Å². The molecule has 146 valence electrons. The number of carbonyl (C=O) groups excluding carboxylic acids is 1. The van der Waals surface area contributed by atoms with Crippen LogP contribution in [-0.2, 0) is 6.42 Å². The summed E-state index contributed by atoms with van der Waals surface area (Å²) in [6.45, 7) is 0. The van der Waals surface area contributed by atoms with Gasteiger partial charge in [0.15, 0.2) is 0 Å². The Morgan fingerprint density at radius 1 is 1.21 bits per heavy atom. The molecule has 1 amide bonds. The molecule has 2 aromatic rings. The second kappa shape index (κ2) is 6.55. The molecule has 6 nitrogen and oxygen atoms in total. The zero-order chi connectivity index (χ0) is 19.3. The summed E-state index contributed by atoms with van der Waals surface area (Å²) in [6, 6.07) is 6.18. The maximum absolute atomic E-state index is 12.0. The molecule has 4 aliphatic carbocycles. The quantitative estimate of drug-likeness (QED) is 0.742. The minimum Gasteiger partial charge on any atom is -0.390 e. The van der Waals surface area contributed by atoms with Gasteiger partial charge < -0.3 is 16.2 Å². The summed E-state index contributed by atoms with van der Waals surface area (Å²) in [4.78, 5) is 20.5. The van der Waals surface area contributed by atoms with Crippen LogP contribution in [0.5, 0.6) is 0 Å². The van der Waals surface area contributed by atoms with Crippen LogP contribution in [0.2, 0.25) is 0 Å². The topological polar surface area (TPSA) is 101 Å². The molecule has 28 heavy (non-hydrogen) atoms. The minimum atomic E-state index is -0.466. The molecule has 2 aromatic heterocycles. The molecule has 0 spiro atoms. The van der Waals surface area contributed by atoms with E-state index in [1.807, 2.05) is 18.2 Å². The van der Waals surface area contributed by atoms with Crippen molar-refractivity contribution in [2.45, 2.75) is 50.2 Å². The van der Waals surface area contributed by atoms with Gasteiger partial charge in [-0.25, -0.2) is 0 Å². The first kappa shape index (κ1) is 17.6. The van der Waals surface area contributed by atoms with Crippen molar-refractivity contribution in [3.05, 3.63) is 53.6 Å². The van der Waals surface area contributed by atoms with Gasteiger partial charge in [-0.1, -0.05) is 0 Å². The van der Waals surface area contributed by atoms with E-state index in [4.69, 9.17) is 5.73 Å². The summed E-state index contributed by atoms with van der Waals surface area (Å²) in [6.07, 6.45) is 10.8. The number of nitrogens with two attached hydrogens (primary N) is 1. The van der Waals surface area contributed by atoms with Crippen molar-refractivity contribution in [2.75, 3.05) is 5.32 Å². The SMILES string of the molecule is NC(=O)c1cnc(Cc2ccncc2)cc1NC1[C@@H]2CC3C[C@H]1CC(O)(C3)C2. The Balaban J connectivity index is 1.42. The highest BCUT2D eigenvalue weighted by molar-refractivity contribution is 5.98. The predicted molar refractivity (Wildman–Crippen MR) is 106 cm³/mol. The molecule has 4 saturated carbocycles. The van der Waals surface area contributed by atoms with Crippen molar-refractivity contribution in [1.82, 2.24) is 9.97 Å². The van der Waals surface area contributed by atoms with Gasteiger partial charge in [-0.2, -0.15) is 0 Å². The van der Waals surface area contributed by atoms with Crippen LogP contribution in [0, 0.1) is 17.8 Å². The lowest BCUT2D eigenvalue weighted by molar-refractivity contribution is -0.129. The Hall–Kier alpha value is -2.47. The van der Waals surface area contributed by atoms with Crippen LogP contribution in [0.25, 0.3) is 0 Å². The number of nitrogens with one attached hydrogen (secondary N) is 1. The lowest BCUT2D eigenvalue weighted by Crippen LogP contribution is -2.59. The number of primary amides is 1. The van der Waals surface area contributed by atoms with E-state index in [1.54, 1.807) is 18.6 Å². The molecular formula is C22H26N4O2. The van der Waals surface area contributed by atoms with Crippen LogP contribution in [0.1, 0.15) is 53.7 Å². The highest BCUT2D eigenvalue weighted by atomic mass is 16.3. The highest BCUT2D eigenvalue weighted by Crippen LogP contribution is 2.56. The lowest BCUT2D eigenvalue weighted by atomic mass is 9.52. The van der Waals surface area contributed by atoms with Crippen molar-refractivity contribution in [3.63, 3.8) is 0 Å². The van der Waals surface area contributed by atoms with Gasteiger partial charge in [0.05, 0.1) is 16.9 Å². The van der Waals surface area contributed by atoms with E-state index in [2.05, 4.69) is 15.3 Å². The number of aromatic nitrogens is 2. The Bertz CT molecular complexity index is 885. The molecule has 5 atom stereocenters. The first-order valence-electron chi connectivity index (χ1n) is 10.2. The van der Waals surface area contributed by atoms with Crippen LogP contribution in [-0.4, -0.2) is 32.6 Å². The summed E-state index contributed by atoms with van der Waals surface area (Å²) in [7, 11) is 0. The summed E-state index contributed by atoms with van der Waals surface area (Å²) in [5, 5.41) is 14.5. The second-order valence-electron chi connectivity index (χ2n) is 8.98. The van der Waals surface area contributed by atoms with Gasteiger partial charge in [0.25, 0.3) is 5.91 Å². The van der Waals surface area contributed by atoms with Gasteiger partial charge in [0.2, 0.25) is 0 Å². The zero-order valence-electron chi connectivity index (χ0n) is 15.8. The largest absolute Gasteiger partial charge is 0.390 e. The van der Waals surface area contributed by atoms with Crippen molar-refractivity contribution < 1.29 is 9.90 Å². The minimum absolute atomic E-state index is 0.283. The number of hydrogen-bond acceptors (Lipinski definition) is 5. The van der Waals surface area contributed by atoms with Gasteiger partial charge in [0.1, 0.15) is 0 Å². The third-order valence-corrected chi connectivity index (χ3v) is 6.92. The standard InChI is InChI=1S/C22H26N4O2/c23-21(27)18-12-25-17(7-13-1-3-24-4-2-13)8-19(18)26-20-15-5-14-6-16(20)11-22(28,9-14)10-15/h1-4,8,12,14-16,20,28H,5-7,9-11H2,(H2,23,27)(H,25,26)/t14?,15-,16+,20?,22?. The average molecular weight is 378 g/mol. The van der Waals surface area contributed by atoms with Crippen LogP contribution in [0.3, 0.4) is 0 Å². The number of nitrogens with zero attached hydrogens (tertiary/aromatic N) is 2. The smallest absolute Gasteiger partial charge is 0.252 e. The Morgan fingerprint density at radius 3 is 2.57 bits per heavy atom. The Labute approximate surface area is 164 Å². The number of anilines is 1. The molecule has 6 rings (SSSR count). The number of amides is 1. The van der Waals surface area contributed by atoms with Crippen molar-refractivity contribution >= 4 is 11.6 Å². The van der Waals surface area contributed by atoms with Crippen molar-refractivity contribution in [3.8, 4) is 0 Å². The molecule has 0 radical (unpaired) electrons. The van der Waals surface area contributed by atoms with E-state index < -0.39 is 11.5 Å². The van der Waals surface area contributed by atoms with Crippen LogP contribution >= 0.6 is 0 Å². The zero-order valence-corrected chi connectivity index (χ0v) is 15.8. The summed E-state index contributed by atoms with van der Waals surface area (Å²) < 4.78 is 0. The van der Waals surface area contributed by atoms with Crippen LogP contribution in [0.15, 0.2) is 36.8 Å². The van der Waals surface area contributed by atoms with Gasteiger partial charge >= 0.3 is 0 Å². The normalized spacial score (nSPS) is 33.0. The van der Waals surface area contributed by atoms with Gasteiger partial charge in [-0.3, -0.25) is 14.8 Å². The predicted octanol–water partition coefficient (Wildman–Crippen LogP) is 2.52. The lowest BCUT2D eigenvalue weighted by Gasteiger charge is -2.58. The molecular weight excluding hydrogens is 352 g/mol. The summed E-state index contributed by atoms with van der Waals surface area (Å²) >= 11 is 0. The molecule has 2 heterocycles. The molecule has 0 saturated heterocycles. The third kappa shape index (κ3) is 3.15. The Morgan fingerprint density at radius 2 is 1.93 bits per heavy atom. The van der Waals surface area contributed by atoms with Crippen LogP contribution < -0.4 is 11.1 Å². The molecule has 4 fully saturated rings. The van der Waals surface area contributed by atoms with E-state index in [0.29, 0.717) is 29.7 Å². The van der Waals surface area contributed by atoms with E-state index in [-0.39, 0.29) is 6.04 Å². The number of pyridine rings is 2. The number of aliphatic hydroxyl groups is 1. The van der Waals surface area contributed by atoms with Gasteiger partial charge in [0, 0.05) is 36.7 Å². The monoisotopic (exact) mass is 378 g/mol. The van der Waals surface area contributed by atoms with Crippen molar-refractivity contribution in [1.29, 1.82) is 0 Å². The van der Waals surface area contributed by atoms with Crippen molar-refractivity contribution in [2.24, 2.45) is 23.5 Å². The first-order valence-corrected chi connectivity index (χ1v) is 10.2. The van der Waals surface area contributed by atoms with Gasteiger partial charge in [-0.15, -0.1) is 0 Å². The molecule has 4 bridgehead atoms. The van der Waals surface area contributed by atoms with Gasteiger partial charge in [-0.05, 0) is 73.6 Å². The summed E-state index contributed by atoms with van der Waals surface area (Å²) in [5.74, 6) is 1.09. The van der Waals surface area contributed by atoms with E-state index in [0.717, 1.165) is 49.0 Å². The number of carbonyl (C=O) groups is 1. The van der Waals surface area contributed by atoms with E-state index >= 15 is 0 Å². The van der Waals surface area contributed by atoms with E-state index in [9.17, 15) is 9.90 Å². The maximum atomic E-state index is 12.0. The fourth-order valence-electron chi connectivity index (χ4n) is 6.02. The maximum Gasteiger partial charge on any atom is 0.252 e. The number of rotatable bonds is 5. The highest BCUT2D eigenvalue weighted by Gasteiger charge is 2.54. The molecule has 3 unspecified atom stereocenters. The molecule has 4 aliphatic rings. The number of hydrogen-bond donors (Lipinski definition) is 3. The summed E-state index contributed by atoms with van der Waals surface area (Å²) in [5.41, 5.74) is 8.38. The molecule has 6 heteroatoms. The second-order valence-corrected chi connectivity index (χ2v) is 8.98. The van der Waals surface area contributed by atoms with E-state index in [1.165, 1.54) is 0 Å². The molecule has 0 aliphatic heterocycles. The third-order valence-electron chi connectivity index (χ3n) is 6.92. The fraction of sp³-hybridized carbons (Fsp3) is 0.500. The average Bonchev–Trinajstić information content (AvgIpc) is 2.64. The molecule has 4 N–H and O–H groups in total.